The Bertz CT molecular complexity index is 756. The smallest absolute Gasteiger partial charge is 0.183 e. The Labute approximate surface area is 183 Å². The number of nitrogens with zero attached hydrogens (tertiary/aromatic N) is 2. The van der Waals surface area contributed by atoms with Crippen LogP contribution in [0, 0.1) is 28.6 Å². The van der Waals surface area contributed by atoms with E-state index < -0.39 is 8.32 Å². The van der Waals surface area contributed by atoms with Gasteiger partial charge in [0, 0.05) is 17.4 Å². The second kappa shape index (κ2) is 8.08. The fourth-order valence-electron chi connectivity index (χ4n) is 7.23. The Morgan fingerprint density at radius 1 is 0.967 bits per heavy atom. The Kier molecular flexibility index (Phi) is 5.95. The number of oxime groups is 2. The van der Waals surface area contributed by atoms with E-state index in [-0.39, 0.29) is 10.8 Å². The molecular formula is C24H40N2O3Si. The first kappa shape index (κ1) is 22.1. The van der Waals surface area contributed by atoms with Crippen LogP contribution in [0.3, 0.4) is 0 Å². The third kappa shape index (κ3) is 3.68. The molecule has 6 heteroatoms. The zero-order valence-corrected chi connectivity index (χ0v) is 20.8. The quantitative estimate of drug-likeness (QED) is 0.408. The second-order valence-corrected chi connectivity index (χ2v) is 15.6. The van der Waals surface area contributed by atoms with E-state index in [1.807, 2.05) is 0 Å². The number of fused-ring (bicyclic) bond motifs is 5. The van der Waals surface area contributed by atoms with Crippen molar-refractivity contribution < 1.29 is 14.1 Å². The molecule has 0 N–H and O–H groups in total. The third-order valence-electron chi connectivity index (χ3n) is 8.62. The van der Waals surface area contributed by atoms with Gasteiger partial charge in [0.25, 0.3) is 0 Å². The molecule has 0 radical (unpaired) electrons. The predicted molar refractivity (Wildman–Crippen MR) is 124 cm³/mol. The molecule has 3 saturated carbocycles. The fourth-order valence-corrected chi connectivity index (χ4v) is 7.92. The molecule has 30 heavy (non-hydrogen) atoms. The monoisotopic (exact) mass is 432 g/mol. The van der Waals surface area contributed by atoms with Crippen LogP contribution in [0.25, 0.3) is 0 Å². The lowest BCUT2D eigenvalue weighted by molar-refractivity contribution is -0.0451. The summed E-state index contributed by atoms with van der Waals surface area (Å²) in [7, 11) is 1.75. The van der Waals surface area contributed by atoms with Gasteiger partial charge in [0.15, 0.2) is 8.32 Å². The van der Waals surface area contributed by atoms with E-state index in [0.29, 0.717) is 5.92 Å². The lowest BCUT2D eigenvalue weighted by Gasteiger charge is -2.58. The van der Waals surface area contributed by atoms with Gasteiger partial charge >= 0.3 is 0 Å². The average Bonchev–Trinajstić information content (AvgIpc) is 3.03. The van der Waals surface area contributed by atoms with Gasteiger partial charge in [-0.05, 0) is 94.8 Å². The van der Waals surface area contributed by atoms with Gasteiger partial charge in [-0.1, -0.05) is 22.8 Å². The van der Waals surface area contributed by atoms with Gasteiger partial charge in [-0.3, -0.25) is 0 Å². The van der Waals surface area contributed by atoms with Crippen molar-refractivity contribution >= 4 is 19.7 Å². The summed E-state index contributed by atoms with van der Waals surface area (Å²) in [5, 5.41) is 8.76. The van der Waals surface area contributed by atoms with Crippen molar-refractivity contribution in [2.45, 2.75) is 77.9 Å². The molecule has 0 unspecified atom stereocenters. The lowest BCUT2D eigenvalue weighted by atomic mass is 9.47. The summed E-state index contributed by atoms with van der Waals surface area (Å²) < 4.78 is 6.65. The molecule has 4 rings (SSSR count). The summed E-state index contributed by atoms with van der Waals surface area (Å²) in [4.78, 5) is 10.3. The van der Waals surface area contributed by atoms with Crippen LogP contribution in [-0.2, 0) is 14.1 Å². The first-order valence-electron chi connectivity index (χ1n) is 11.8. The highest BCUT2D eigenvalue weighted by Crippen LogP contribution is 2.64. The van der Waals surface area contributed by atoms with Gasteiger partial charge < -0.3 is 14.1 Å². The molecule has 0 amide bonds. The normalized spacial score (nSPS) is 41.1. The van der Waals surface area contributed by atoms with Crippen LogP contribution < -0.4 is 0 Å². The van der Waals surface area contributed by atoms with Crippen LogP contribution in [0.2, 0.25) is 19.6 Å². The van der Waals surface area contributed by atoms with Crippen molar-refractivity contribution in [3.63, 3.8) is 0 Å². The van der Waals surface area contributed by atoms with Crippen molar-refractivity contribution in [1.82, 2.24) is 0 Å². The summed E-state index contributed by atoms with van der Waals surface area (Å²) in [5.74, 6) is 2.19. The molecule has 0 saturated heterocycles. The molecule has 0 spiro atoms. The van der Waals surface area contributed by atoms with Crippen LogP contribution in [0.15, 0.2) is 22.0 Å². The lowest BCUT2D eigenvalue weighted by Crippen LogP contribution is -2.54. The van der Waals surface area contributed by atoms with Crippen molar-refractivity contribution in [3.05, 3.63) is 11.6 Å². The highest BCUT2D eigenvalue weighted by Gasteiger charge is 2.59. The molecule has 0 bridgehead atoms. The molecule has 0 aliphatic heterocycles. The zero-order chi connectivity index (χ0) is 21.6. The molecule has 0 heterocycles. The maximum Gasteiger partial charge on any atom is 0.183 e. The minimum atomic E-state index is -1.59. The van der Waals surface area contributed by atoms with Gasteiger partial charge in [-0.15, -0.1) is 0 Å². The molecule has 168 valence electrons. The van der Waals surface area contributed by atoms with E-state index in [4.69, 9.17) is 14.1 Å². The number of hydrogen-bond donors (Lipinski definition) is 0. The molecule has 4 aliphatic rings. The summed E-state index contributed by atoms with van der Waals surface area (Å²) in [6.07, 6.45) is 11.8. The molecule has 4 aliphatic carbocycles. The van der Waals surface area contributed by atoms with Gasteiger partial charge in [0.2, 0.25) is 0 Å². The number of hydrogen-bond acceptors (Lipinski definition) is 5. The topological polar surface area (TPSA) is 52.4 Å². The van der Waals surface area contributed by atoms with E-state index in [2.05, 4.69) is 43.0 Å². The van der Waals surface area contributed by atoms with Gasteiger partial charge in [0.1, 0.15) is 14.2 Å². The Morgan fingerprint density at radius 2 is 1.73 bits per heavy atom. The average molecular weight is 433 g/mol. The fraction of sp³-hybridized carbons (Fsp3) is 0.833. The first-order valence-corrected chi connectivity index (χ1v) is 15.2. The van der Waals surface area contributed by atoms with Crippen molar-refractivity contribution in [2.75, 3.05) is 20.8 Å². The zero-order valence-electron chi connectivity index (χ0n) is 19.8. The van der Waals surface area contributed by atoms with Crippen LogP contribution in [-0.4, -0.2) is 40.6 Å². The third-order valence-corrected chi connectivity index (χ3v) is 9.63. The minimum absolute atomic E-state index is 0.179. The maximum atomic E-state index is 6.65. The van der Waals surface area contributed by atoms with E-state index in [9.17, 15) is 0 Å². The molecular weight excluding hydrogens is 392 g/mol. The van der Waals surface area contributed by atoms with E-state index >= 15 is 0 Å². The Hall–Kier alpha value is -1.14. The Morgan fingerprint density at radius 3 is 2.43 bits per heavy atom. The highest BCUT2D eigenvalue weighted by molar-refractivity contribution is 6.69. The van der Waals surface area contributed by atoms with Gasteiger partial charge in [-0.25, -0.2) is 0 Å². The molecule has 0 aromatic carbocycles. The van der Waals surface area contributed by atoms with E-state index in [1.165, 1.54) is 37.8 Å². The predicted octanol–water partition coefficient (Wildman–Crippen LogP) is 5.79. The summed E-state index contributed by atoms with van der Waals surface area (Å²) in [5.41, 5.74) is 4.39. The molecule has 3 fully saturated rings. The van der Waals surface area contributed by atoms with Crippen LogP contribution in [0.5, 0.6) is 0 Å². The first-order chi connectivity index (χ1) is 14.2. The summed E-state index contributed by atoms with van der Waals surface area (Å²) in [6.45, 7) is 10.3. The van der Waals surface area contributed by atoms with Crippen molar-refractivity contribution in [3.8, 4) is 0 Å². The highest BCUT2D eigenvalue weighted by atomic mass is 28.4. The molecule has 0 aromatic rings. The SMILES string of the molecule is CO/N=C1\C=C2CC[C@@H]3[C@H](CC[C@]4(C)/C(=N\OC)CC[C@@H]34)[C@@]2(CO[Si](C)(C)C)CC1. The van der Waals surface area contributed by atoms with Crippen LogP contribution in [0.4, 0.5) is 0 Å². The Balaban J connectivity index is 1.68. The summed E-state index contributed by atoms with van der Waals surface area (Å²) >= 11 is 0. The van der Waals surface area contributed by atoms with E-state index in [1.54, 1.807) is 19.8 Å². The van der Waals surface area contributed by atoms with E-state index in [0.717, 1.165) is 43.4 Å². The van der Waals surface area contributed by atoms with Crippen molar-refractivity contribution in [2.24, 2.45) is 38.9 Å². The van der Waals surface area contributed by atoms with Gasteiger partial charge in [-0.2, -0.15) is 0 Å². The van der Waals surface area contributed by atoms with Crippen LogP contribution >= 0.6 is 0 Å². The minimum Gasteiger partial charge on any atom is -0.417 e. The maximum absolute atomic E-state index is 6.65. The van der Waals surface area contributed by atoms with Crippen LogP contribution in [0.1, 0.15) is 58.3 Å². The number of rotatable bonds is 5. The summed E-state index contributed by atoms with van der Waals surface area (Å²) in [6, 6.07) is 0. The molecule has 5 atom stereocenters. The molecule has 0 aromatic heterocycles. The second-order valence-electron chi connectivity index (χ2n) is 11.1. The largest absolute Gasteiger partial charge is 0.417 e. The van der Waals surface area contributed by atoms with Gasteiger partial charge in [0.05, 0.1) is 11.4 Å². The molecule has 5 nitrogen and oxygen atoms in total. The standard InChI is InChI=1S/C24H40N2O3Si/c1-23-13-12-21-19(20(23)9-10-22(23)26-28-3)8-7-17-15-18(25-27-2)11-14-24(17,21)16-29-30(4,5)6/h15,19-21H,7-14,16H2,1-6H3/b25-18-,26-22-/t19-,20-,21-,23-,24+/m0/s1. The van der Waals surface area contributed by atoms with Crippen molar-refractivity contribution in [1.29, 1.82) is 0 Å². The number of allylic oxidation sites excluding steroid dienone is 1.